The Bertz CT molecular complexity index is 202. The minimum Gasteiger partial charge on any atom is -0.266 e. The molecule has 62 valence electrons. The molecule has 0 saturated heterocycles. The Balaban J connectivity index is 4.61. The van der Waals surface area contributed by atoms with Crippen molar-refractivity contribution in [2.75, 3.05) is 6.54 Å². The molecule has 11 heavy (non-hydrogen) atoms. The van der Waals surface area contributed by atoms with E-state index in [0.717, 1.165) is 0 Å². The minimum absolute atomic E-state index is 0.0694. The monoisotopic (exact) mass is 230 g/mol. The van der Waals surface area contributed by atoms with E-state index in [1.807, 2.05) is 0 Å². The molecule has 0 aliphatic rings. The Morgan fingerprint density at radius 1 is 1.55 bits per heavy atom. The predicted octanol–water partition coefficient (Wildman–Crippen LogP) is 2.88. The average molecular weight is 232 g/mol. The van der Waals surface area contributed by atoms with E-state index >= 15 is 0 Å². The first kappa shape index (κ1) is 11.3. The quantitative estimate of drug-likeness (QED) is 0.295. The van der Waals surface area contributed by atoms with Crippen molar-refractivity contribution in [1.29, 1.82) is 0 Å². The average Bonchev–Trinajstić information content (AvgIpc) is 1.85. The van der Waals surface area contributed by atoms with Crippen LogP contribution in [0.15, 0.2) is 9.98 Å². The normalized spacial score (nSPS) is 12.5. The molecule has 0 fully saturated rings. The summed E-state index contributed by atoms with van der Waals surface area (Å²) in [4.78, 5) is 7.31. The van der Waals surface area contributed by atoms with Gasteiger partial charge in [-0.1, -0.05) is 34.8 Å². The lowest BCUT2D eigenvalue weighted by molar-refractivity contribution is 1.11. The first-order valence-corrected chi connectivity index (χ1v) is 4.26. The van der Waals surface area contributed by atoms with Crippen LogP contribution in [0.5, 0.6) is 0 Å². The van der Waals surface area contributed by atoms with Crippen LogP contribution in [0.4, 0.5) is 0 Å². The number of hydrogen-bond acceptors (Lipinski definition) is 2. The van der Waals surface area contributed by atoms with Crippen LogP contribution >= 0.6 is 47.0 Å². The molecule has 2 nitrogen and oxygen atoms in total. The molecular formula is C5H5Cl3N2S. The Labute approximate surface area is 85.3 Å². The second-order valence-electron chi connectivity index (χ2n) is 1.50. The summed E-state index contributed by atoms with van der Waals surface area (Å²) in [6, 6.07) is 0. The molecule has 0 heterocycles. The van der Waals surface area contributed by atoms with Gasteiger partial charge in [-0.3, -0.25) is 4.99 Å². The lowest BCUT2D eigenvalue weighted by atomic mass is 10.6. The summed E-state index contributed by atoms with van der Waals surface area (Å²) >= 11 is 20.8. The van der Waals surface area contributed by atoms with Crippen LogP contribution in [0.3, 0.4) is 0 Å². The van der Waals surface area contributed by atoms with Gasteiger partial charge in [0.25, 0.3) is 3.79 Å². The fourth-order valence-electron chi connectivity index (χ4n) is 0.381. The highest BCUT2D eigenvalue weighted by molar-refractivity contribution is 7.78. The number of halogens is 3. The fraction of sp³-hybridized carbons (Fsp3) is 0.600. The van der Waals surface area contributed by atoms with Crippen LogP contribution in [0.2, 0.25) is 0 Å². The summed E-state index contributed by atoms with van der Waals surface area (Å²) in [6.45, 7) is 2.29. The molecule has 0 rings (SSSR count). The Morgan fingerprint density at radius 2 is 2.09 bits per heavy atom. The van der Waals surface area contributed by atoms with Gasteiger partial charge in [0.1, 0.15) is 0 Å². The molecule has 0 unspecified atom stereocenters. The van der Waals surface area contributed by atoms with Gasteiger partial charge in [0.2, 0.25) is 0 Å². The van der Waals surface area contributed by atoms with Gasteiger partial charge in [-0.2, -0.15) is 4.99 Å². The first-order valence-electron chi connectivity index (χ1n) is 2.72. The molecule has 0 aliphatic heterocycles. The molecule has 0 bridgehead atoms. The molecule has 0 aromatic rings. The molecule has 6 heteroatoms. The van der Waals surface area contributed by atoms with Crippen LogP contribution in [0.1, 0.15) is 6.92 Å². The number of aliphatic imine (C=N–C) groups is 2. The molecule has 0 amide bonds. The summed E-state index contributed by atoms with van der Waals surface area (Å²) in [5.74, 6) is 0.0694. The summed E-state index contributed by atoms with van der Waals surface area (Å²) in [6.07, 6.45) is 0. The molecule has 0 aliphatic carbocycles. The maximum Gasteiger partial charge on any atom is 0.250 e. The number of amidine groups is 1. The third-order valence-electron chi connectivity index (χ3n) is 0.713. The number of nitrogens with zero attached hydrogens (tertiary/aromatic N) is 2. The highest BCUT2D eigenvalue weighted by atomic mass is 35.6. The molecule has 0 atom stereocenters. The van der Waals surface area contributed by atoms with E-state index in [0.29, 0.717) is 6.54 Å². The molecule has 0 N–H and O–H groups in total. The van der Waals surface area contributed by atoms with E-state index in [4.69, 9.17) is 34.8 Å². The van der Waals surface area contributed by atoms with Crippen LogP contribution in [0, 0.1) is 0 Å². The van der Waals surface area contributed by atoms with Crippen molar-refractivity contribution >= 4 is 58.0 Å². The number of alkyl halides is 3. The number of thiocarbonyl (C=S) groups is 1. The van der Waals surface area contributed by atoms with Gasteiger partial charge in [-0.25, -0.2) is 0 Å². The van der Waals surface area contributed by atoms with Gasteiger partial charge in [-0.15, -0.1) is 0 Å². The summed E-state index contributed by atoms with van der Waals surface area (Å²) in [5, 5.41) is 2.08. The molecule has 0 aromatic carbocycles. The van der Waals surface area contributed by atoms with Crippen molar-refractivity contribution in [1.82, 2.24) is 0 Å². The number of hydrogen-bond donors (Lipinski definition) is 0. The zero-order chi connectivity index (χ0) is 8.91. The van der Waals surface area contributed by atoms with Gasteiger partial charge < -0.3 is 0 Å². The van der Waals surface area contributed by atoms with E-state index in [9.17, 15) is 0 Å². The third-order valence-corrected chi connectivity index (χ3v) is 1.31. The topological polar surface area (TPSA) is 24.7 Å². The van der Waals surface area contributed by atoms with E-state index in [1.54, 1.807) is 6.92 Å². The molecule has 0 spiro atoms. The van der Waals surface area contributed by atoms with E-state index in [2.05, 4.69) is 27.4 Å². The third kappa shape index (κ3) is 4.72. The Hall–Kier alpha value is 0.340. The van der Waals surface area contributed by atoms with Crippen molar-refractivity contribution in [3.8, 4) is 0 Å². The van der Waals surface area contributed by atoms with Gasteiger partial charge in [0.15, 0.2) is 5.84 Å². The van der Waals surface area contributed by atoms with Gasteiger partial charge in [0, 0.05) is 6.54 Å². The van der Waals surface area contributed by atoms with E-state index in [-0.39, 0.29) is 5.84 Å². The Morgan fingerprint density at radius 3 is 2.36 bits per heavy atom. The Kier molecular flexibility index (Phi) is 5.23. The second-order valence-corrected chi connectivity index (χ2v) is 3.96. The lowest BCUT2D eigenvalue weighted by Gasteiger charge is -2.07. The molecule has 0 saturated carbocycles. The van der Waals surface area contributed by atoms with Crippen LogP contribution in [-0.4, -0.2) is 21.3 Å². The first-order chi connectivity index (χ1) is 5.02. The summed E-state index contributed by atoms with van der Waals surface area (Å²) < 4.78 is -1.61. The zero-order valence-corrected chi connectivity index (χ0v) is 8.73. The van der Waals surface area contributed by atoms with Gasteiger partial charge in [0.05, 0.1) is 5.16 Å². The largest absolute Gasteiger partial charge is 0.266 e. The van der Waals surface area contributed by atoms with Crippen molar-refractivity contribution in [3.63, 3.8) is 0 Å². The van der Waals surface area contributed by atoms with Crippen molar-refractivity contribution in [2.24, 2.45) is 9.98 Å². The maximum absolute atomic E-state index is 5.48. The smallest absolute Gasteiger partial charge is 0.250 e. The van der Waals surface area contributed by atoms with Gasteiger partial charge >= 0.3 is 0 Å². The highest BCUT2D eigenvalue weighted by Crippen LogP contribution is 2.28. The summed E-state index contributed by atoms with van der Waals surface area (Å²) in [5.41, 5.74) is 0. The van der Waals surface area contributed by atoms with Crippen molar-refractivity contribution in [2.45, 2.75) is 10.7 Å². The number of rotatable bonds is 1. The van der Waals surface area contributed by atoms with Crippen LogP contribution in [0.25, 0.3) is 0 Å². The van der Waals surface area contributed by atoms with Crippen LogP contribution in [-0.2, 0) is 0 Å². The van der Waals surface area contributed by atoms with Crippen molar-refractivity contribution in [3.05, 3.63) is 0 Å². The summed E-state index contributed by atoms with van der Waals surface area (Å²) in [7, 11) is 0. The van der Waals surface area contributed by atoms with Crippen LogP contribution < -0.4 is 0 Å². The molecule has 0 aromatic heterocycles. The SMILES string of the molecule is CCN=C(N=C=S)C(Cl)(Cl)Cl. The fourth-order valence-corrected chi connectivity index (χ4v) is 0.774. The van der Waals surface area contributed by atoms with E-state index in [1.165, 1.54) is 0 Å². The predicted molar refractivity (Wildman–Crippen MR) is 53.3 cm³/mol. The minimum atomic E-state index is -1.61. The molecule has 0 radical (unpaired) electrons. The van der Waals surface area contributed by atoms with Crippen molar-refractivity contribution < 1.29 is 0 Å². The van der Waals surface area contributed by atoms with Gasteiger partial charge in [-0.05, 0) is 19.1 Å². The second kappa shape index (κ2) is 5.07. The van der Waals surface area contributed by atoms with E-state index < -0.39 is 3.79 Å². The molecular weight excluding hydrogens is 226 g/mol. The maximum atomic E-state index is 5.48. The zero-order valence-electron chi connectivity index (χ0n) is 5.64. The highest BCUT2D eigenvalue weighted by Gasteiger charge is 2.27. The lowest BCUT2D eigenvalue weighted by Crippen LogP contribution is -2.16. The number of isothiocyanates is 1. The standard InChI is InChI=1S/C5H5Cl3N2S/c1-2-9-4(10-3-11)5(6,7)8/h2H2,1H3.